The number of aromatic amines is 1. The summed E-state index contributed by atoms with van der Waals surface area (Å²) in [7, 11) is 1.53. The molecule has 0 fully saturated rings. The minimum atomic E-state index is -0.498. The molecule has 1 aliphatic heterocycles. The monoisotopic (exact) mass is 423 g/mol. The minimum Gasteiger partial charge on any atom is -0.495 e. The number of methoxy groups -OCH3 is 1. The van der Waals surface area contributed by atoms with Gasteiger partial charge in [0.1, 0.15) is 23.7 Å². The van der Waals surface area contributed by atoms with Crippen molar-refractivity contribution in [3.8, 4) is 23.3 Å². The SMILES string of the molecule is COc1c(C#N)ccc2[nH]c(-c3nc4n(n3)CCOC4c3ccc(F)c(Cl)c3)cc12. The molecule has 0 spiro atoms. The van der Waals surface area contributed by atoms with Gasteiger partial charge in [-0.1, -0.05) is 17.7 Å². The lowest BCUT2D eigenvalue weighted by atomic mass is 10.1. The maximum atomic E-state index is 13.6. The van der Waals surface area contributed by atoms with Gasteiger partial charge in [0.2, 0.25) is 0 Å². The standard InChI is InChI=1S/C21H15ClFN5O2/c1-29-18-12(10-24)3-5-16-13(18)9-17(25-16)20-26-21-19(30-7-6-28(21)27-20)11-2-4-15(23)14(22)8-11/h2-5,8-9,19,25H,6-7H2,1H3. The van der Waals surface area contributed by atoms with Crippen molar-refractivity contribution in [2.75, 3.05) is 13.7 Å². The largest absolute Gasteiger partial charge is 0.495 e. The van der Waals surface area contributed by atoms with E-state index < -0.39 is 11.9 Å². The number of fused-ring (bicyclic) bond motifs is 2. The summed E-state index contributed by atoms with van der Waals surface area (Å²) in [6.45, 7) is 0.997. The lowest BCUT2D eigenvalue weighted by Crippen LogP contribution is -2.23. The first kappa shape index (κ1) is 18.6. The van der Waals surface area contributed by atoms with E-state index in [0.29, 0.717) is 47.4 Å². The van der Waals surface area contributed by atoms with E-state index in [9.17, 15) is 9.65 Å². The Kier molecular flexibility index (Phi) is 4.42. The molecule has 2 aromatic carbocycles. The number of nitrogens with zero attached hydrogens (tertiary/aromatic N) is 4. The number of H-pyrrole nitrogens is 1. The van der Waals surface area contributed by atoms with Crippen molar-refractivity contribution in [3.05, 3.63) is 64.2 Å². The zero-order valence-electron chi connectivity index (χ0n) is 15.8. The number of rotatable bonds is 3. The Labute approximate surface area is 175 Å². The van der Waals surface area contributed by atoms with E-state index in [1.54, 1.807) is 22.9 Å². The number of nitriles is 1. The van der Waals surface area contributed by atoms with Crippen LogP contribution in [0.15, 0.2) is 36.4 Å². The number of aromatic nitrogens is 4. The zero-order valence-corrected chi connectivity index (χ0v) is 16.6. The summed E-state index contributed by atoms with van der Waals surface area (Å²) in [6.07, 6.45) is -0.498. The normalized spacial score (nSPS) is 15.7. The Hall–Kier alpha value is -3.41. The molecular formula is C21H15ClFN5O2. The molecule has 1 unspecified atom stereocenters. The molecule has 0 bridgehead atoms. The van der Waals surface area contributed by atoms with Crippen LogP contribution in [-0.2, 0) is 11.3 Å². The van der Waals surface area contributed by atoms with Gasteiger partial charge < -0.3 is 14.5 Å². The van der Waals surface area contributed by atoms with E-state index in [-0.39, 0.29) is 5.02 Å². The number of ether oxygens (including phenoxy) is 2. The molecule has 1 N–H and O–H groups in total. The summed E-state index contributed by atoms with van der Waals surface area (Å²) in [5, 5.41) is 14.7. The third-order valence-electron chi connectivity index (χ3n) is 5.09. The lowest BCUT2D eigenvalue weighted by Gasteiger charge is -2.23. The minimum absolute atomic E-state index is 0.0315. The van der Waals surface area contributed by atoms with Crippen molar-refractivity contribution >= 4 is 22.5 Å². The Balaban J connectivity index is 1.59. The van der Waals surface area contributed by atoms with E-state index >= 15 is 0 Å². The van der Waals surface area contributed by atoms with Crippen molar-refractivity contribution in [1.82, 2.24) is 19.7 Å². The number of nitrogens with one attached hydrogen (secondary N) is 1. The highest BCUT2D eigenvalue weighted by atomic mass is 35.5. The summed E-state index contributed by atoms with van der Waals surface area (Å²) in [4.78, 5) is 7.96. The molecule has 1 atom stereocenters. The van der Waals surface area contributed by atoms with Gasteiger partial charge in [-0.05, 0) is 35.9 Å². The molecule has 2 aromatic heterocycles. The molecule has 0 saturated heterocycles. The van der Waals surface area contributed by atoms with Crippen LogP contribution < -0.4 is 4.74 Å². The molecule has 3 heterocycles. The molecule has 4 aromatic rings. The molecule has 0 aliphatic carbocycles. The molecular weight excluding hydrogens is 409 g/mol. The lowest BCUT2D eigenvalue weighted by molar-refractivity contribution is 0.0389. The van der Waals surface area contributed by atoms with Crippen LogP contribution >= 0.6 is 11.6 Å². The fourth-order valence-electron chi connectivity index (χ4n) is 3.68. The van der Waals surface area contributed by atoms with Gasteiger partial charge in [0.25, 0.3) is 0 Å². The second-order valence-electron chi connectivity index (χ2n) is 6.84. The van der Waals surface area contributed by atoms with Gasteiger partial charge in [-0.3, -0.25) is 0 Å². The highest BCUT2D eigenvalue weighted by Gasteiger charge is 2.28. The fraction of sp³-hybridized carbons (Fsp3) is 0.190. The fourth-order valence-corrected chi connectivity index (χ4v) is 3.87. The van der Waals surface area contributed by atoms with Crippen LogP contribution in [0.5, 0.6) is 5.75 Å². The summed E-state index contributed by atoms with van der Waals surface area (Å²) in [6, 6.07) is 12.0. The summed E-state index contributed by atoms with van der Waals surface area (Å²) < 4.78 is 26.7. The predicted octanol–water partition coefficient (Wildman–Crippen LogP) is 4.22. The van der Waals surface area contributed by atoms with Gasteiger partial charge in [0.15, 0.2) is 11.6 Å². The average molecular weight is 424 g/mol. The van der Waals surface area contributed by atoms with Crippen molar-refractivity contribution in [2.45, 2.75) is 12.6 Å². The first-order valence-corrected chi connectivity index (χ1v) is 9.58. The zero-order chi connectivity index (χ0) is 20.8. The van der Waals surface area contributed by atoms with Crippen LogP contribution in [0, 0.1) is 17.1 Å². The molecule has 0 amide bonds. The highest BCUT2D eigenvalue weighted by Crippen LogP contribution is 2.35. The number of hydrogen-bond donors (Lipinski definition) is 1. The van der Waals surface area contributed by atoms with Crippen LogP contribution in [0.2, 0.25) is 5.02 Å². The van der Waals surface area contributed by atoms with Gasteiger partial charge in [-0.25, -0.2) is 14.1 Å². The van der Waals surface area contributed by atoms with E-state index in [0.717, 1.165) is 10.9 Å². The van der Waals surface area contributed by atoms with Crippen LogP contribution in [-0.4, -0.2) is 33.5 Å². The van der Waals surface area contributed by atoms with Crippen molar-refractivity contribution in [3.63, 3.8) is 0 Å². The van der Waals surface area contributed by atoms with E-state index in [2.05, 4.69) is 21.1 Å². The van der Waals surface area contributed by atoms with Crippen LogP contribution in [0.1, 0.15) is 23.1 Å². The van der Waals surface area contributed by atoms with Gasteiger partial charge in [0.05, 0.1) is 36.5 Å². The van der Waals surface area contributed by atoms with Gasteiger partial charge in [0, 0.05) is 10.9 Å². The summed E-state index contributed by atoms with van der Waals surface area (Å²) in [5.74, 6) is 1.12. The summed E-state index contributed by atoms with van der Waals surface area (Å²) in [5.41, 5.74) is 2.66. The van der Waals surface area contributed by atoms with Crippen molar-refractivity contribution in [2.24, 2.45) is 0 Å². The Morgan fingerprint density at radius 2 is 2.20 bits per heavy atom. The average Bonchev–Trinajstić information content (AvgIpc) is 3.38. The molecule has 5 rings (SSSR count). The Morgan fingerprint density at radius 1 is 1.33 bits per heavy atom. The number of benzene rings is 2. The highest BCUT2D eigenvalue weighted by molar-refractivity contribution is 6.30. The van der Waals surface area contributed by atoms with E-state index in [4.69, 9.17) is 21.1 Å². The first-order valence-electron chi connectivity index (χ1n) is 9.20. The van der Waals surface area contributed by atoms with Gasteiger partial charge in [-0.2, -0.15) is 5.26 Å². The van der Waals surface area contributed by atoms with Crippen molar-refractivity contribution < 1.29 is 13.9 Å². The topological polar surface area (TPSA) is 88.8 Å². The second-order valence-corrected chi connectivity index (χ2v) is 7.25. The third kappa shape index (κ3) is 2.91. The first-order chi connectivity index (χ1) is 14.6. The van der Waals surface area contributed by atoms with Crippen molar-refractivity contribution in [1.29, 1.82) is 5.26 Å². The predicted molar refractivity (Wildman–Crippen MR) is 108 cm³/mol. The number of hydrogen-bond acceptors (Lipinski definition) is 5. The maximum absolute atomic E-state index is 13.6. The van der Waals surface area contributed by atoms with E-state index in [1.165, 1.54) is 13.2 Å². The van der Waals surface area contributed by atoms with Gasteiger partial charge in [-0.15, -0.1) is 5.10 Å². The van der Waals surface area contributed by atoms with Gasteiger partial charge >= 0.3 is 0 Å². The molecule has 0 radical (unpaired) electrons. The molecule has 7 nitrogen and oxygen atoms in total. The molecule has 1 aliphatic rings. The third-order valence-corrected chi connectivity index (χ3v) is 5.38. The van der Waals surface area contributed by atoms with E-state index in [1.807, 2.05) is 12.1 Å². The van der Waals surface area contributed by atoms with Crippen LogP contribution in [0.3, 0.4) is 0 Å². The maximum Gasteiger partial charge on any atom is 0.197 e. The Morgan fingerprint density at radius 3 is 2.97 bits per heavy atom. The molecule has 30 heavy (non-hydrogen) atoms. The molecule has 0 saturated carbocycles. The number of halogens is 2. The smallest absolute Gasteiger partial charge is 0.197 e. The summed E-state index contributed by atoms with van der Waals surface area (Å²) >= 11 is 5.95. The van der Waals surface area contributed by atoms with Crippen LogP contribution in [0.25, 0.3) is 22.4 Å². The quantitative estimate of drug-likeness (QED) is 0.533. The van der Waals surface area contributed by atoms with Crippen LogP contribution in [0.4, 0.5) is 4.39 Å². The Bertz CT molecular complexity index is 1320. The molecule has 9 heteroatoms. The second kappa shape index (κ2) is 7.13. The molecule has 150 valence electrons.